The zero-order valence-corrected chi connectivity index (χ0v) is 10.8. The first-order chi connectivity index (χ1) is 9.49. The van der Waals surface area contributed by atoms with E-state index < -0.39 is 23.1 Å². The Morgan fingerprint density at radius 3 is 2.70 bits per heavy atom. The highest BCUT2D eigenvalue weighted by Crippen LogP contribution is 2.18. The van der Waals surface area contributed by atoms with Gasteiger partial charge in [-0.3, -0.25) is 9.78 Å². The van der Waals surface area contributed by atoms with Gasteiger partial charge in [0.05, 0.1) is 5.69 Å². The number of carbonyl (C=O) groups excluding carboxylic acids is 1. The van der Waals surface area contributed by atoms with E-state index in [4.69, 9.17) is 5.73 Å². The molecule has 0 saturated heterocycles. The van der Waals surface area contributed by atoms with Crippen molar-refractivity contribution < 1.29 is 13.6 Å². The summed E-state index contributed by atoms with van der Waals surface area (Å²) >= 11 is 0. The van der Waals surface area contributed by atoms with Gasteiger partial charge in [-0.15, -0.1) is 0 Å². The molecule has 0 saturated carbocycles. The Bertz CT molecular complexity index is 642. The molecule has 3 N–H and O–H groups in total. The number of nitrogens with one attached hydrogen (secondary N) is 1. The van der Waals surface area contributed by atoms with E-state index in [1.807, 2.05) is 6.92 Å². The van der Waals surface area contributed by atoms with Crippen LogP contribution in [-0.2, 0) is 6.54 Å². The fourth-order valence-electron chi connectivity index (χ4n) is 1.65. The third kappa shape index (κ3) is 2.90. The third-order valence-corrected chi connectivity index (χ3v) is 2.77. The lowest BCUT2D eigenvalue weighted by Gasteiger charge is -2.08. The first-order valence-electron chi connectivity index (χ1n) is 5.92. The standard InChI is InChI=1S/C14H13F2N3O/c1-8-2-3-9(6-18-8)7-19-14(20)12-10(15)4-5-11(17)13(12)16/h2-6H,7,17H2,1H3,(H,19,20). The molecule has 0 aliphatic carbocycles. The van der Waals surface area contributed by atoms with E-state index in [2.05, 4.69) is 10.3 Å². The molecule has 0 aliphatic heterocycles. The van der Waals surface area contributed by atoms with E-state index in [0.717, 1.165) is 23.4 Å². The summed E-state index contributed by atoms with van der Waals surface area (Å²) in [4.78, 5) is 15.9. The Kier molecular flexibility index (Phi) is 3.93. The molecule has 104 valence electrons. The van der Waals surface area contributed by atoms with Gasteiger partial charge >= 0.3 is 0 Å². The average Bonchev–Trinajstić information content (AvgIpc) is 2.43. The highest BCUT2D eigenvalue weighted by atomic mass is 19.1. The Balaban J connectivity index is 2.13. The number of pyridine rings is 1. The minimum Gasteiger partial charge on any atom is -0.396 e. The van der Waals surface area contributed by atoms with Crippen LogP contribution >= 0.6 is 0 Å². The van der Waals surface area contributed by atoms with Crippen molar-refractivity contribution in [2.45, 2.75) is 13.5 Å². The molecule has 0 fully saturated rings. The SMILES string of the molecule is Cc1ccc(CNC(=O)c2c(F)ccc(N)c2F)cn1. The smallest absolute Gasteiger partial charge is 0.257 e. The van der Waals surface area contributed by atoms with E-state index in [1.54, 1.807) is 18.3 Å². The number of amides is 1. The van der Waals surface area contributed by atoms with Gasteiger partial charge in [0.2, 0.25) is 0 Å². The van der Waals surface area contributed by atoms with Gasteiger partial charge in [0.25, 0.3) is 5.91 Å². The van der Waals surface area contributed by atoms with Gasteiger partial charge in [-0.05, 0) is 30.7 Å². The minimum absolute atomic E-state index is 0.125. The number of hydrogen-bond donors (Lipinski definition) is 2. The molecule has 20 heavy (non-hydrogen) atoms. The fraction of sp³-hybridized carbons (Fsp3) is 0.143. The summed E-state index contributed by atoms with van der Waals surface area (Å²) in [7, 11) is 0. The Morgan fingerprint density at radius 1 is 1.30 bits per heavy atom. The lowest BCUT2D eigenvalue weighted by Crippen LogP contribution is -2.25. The normalized spacial score (nSPS) is 10.3. The van der Waals surface area contributed by atoms with Gasteiger partial charge in [-0.2, -0.15) is 0 Å². The molecule has 1 aromatic carbocycles. The van der Waals surface area contributed by atoms with E-state index >= 15 is 0 Å². The zero-order chi connectivity index (χ0) is 14.7. The molecule has 2 aromatic rings. The zero-order valence-electron chi connectivity index (χ0n) is 10.8. The van der Waals surface area contributed by atoms with E-state index in [9.17, 15) is 13.6 Å². The van der Waals surface area contributed by atoms with Crippen LogP contribution in [0.1, 0.15) is 21.6 Å². The fourth-order valence-corrected chi connectivity index (χ4v) is 1.65. The lowest BCUT2D eigenvalue weighted by atomic mass is 10.1. The largest absolute Gasteiger partial charge is 0.396 e. The predicted octanol–water partition coefficient (Wildman–Crippen LogP) is 2.18. The van der Waals surface area contributed by atoms with E-state index in [1.165, 1.54) is 0 Å². The molecule has 0 aliphatic rings. The quantitative estimate of drug-likeness (QED) is 0.845. The topological polar surface area (TPSA) is 68.0 Å². The number of benzene rings is 1. The van der Waals surface area contributed by atoms with Crippen molar-refractivity contribution in [3.8, 4) is 0 Å². The third-order valence-electron chi connectivity index (χ3n) is 2.77. The number of aryl methyl sites for hydroxylation is 1. The molecule has 4 nitrogen and oxygen atoms in total. The molecule has 1 amide bonds. The molecule has 0 bridgehead atoms. The second-order valence-corrected chi connectivity index (χ2v) is 4.32. The monoisotopic (exact) mass is 277 g/mol. The number of rotatable bonds is 3. The van der Waals surface area contributed by atoms with Gasteiger partial charge in [0.1, 0.15) is 11.4 Å². The van der Waals surface area contributed by atoms with Crippen LogP contribution in [0, 0.1) is 18.6 Å². The molecule has 6 heteroatoms. The number of carbonyl (C=O) groups is 1. The summed E-state index contributed by atoms with van der Waals surface area (Å²) in [6.45, 7) is 1.96. The van der Waals surface area contributed by atoms with Crippen LogP contribution < -0.4 is 11.1 Å². The van der Waals surface area contributed by atoms with Crippen LogP contribution in [-0.4, -0.2) is 10.9 Å². The first kappa shape index (κ1) is 13.9. The molecular formula is C14H13F2N3O. The maximum atomic E-state index is 13.7. The van der Waals surface area contributed by atoms with Gasteiger partial charge in [-0.25, -0.2) is 8.78 Å². The second-order valence-electron chi connectivity index (χ2n) is 4.32. The van der Waals surface area contributed by atoms with Crippen LogP contribution in [0.3, 0.4) is 0 Å². The molecule has 0 radical (unpaired) electrons. The number of nitrogens with two attached hydrogens (primary N) is 1. The van der Waals surface area contributed by atoms with Crippen LogP contribution in [0.4, 0.5) is 14.5 Å². The first-order valence-corrected chi connectivity index (χ1v) is 5.92. The van der Waals surface area contributed by atoms with Gasteiger partial charge in [0.15, 0.2) is 5.82 Å². The maximum absolute atomic E-state index is 13.7. The Labute approximate surface area is 114 Å². The Morgan fingerprint density at radius 2 is 2.05 bits per heavy atom. The van der Waals surface area contributed by atoms with Crippen molar-refractivity contribution in [2.24, 2.45) is 0 Å². The van der Waals surface area contributed by atoms with Crippen molar-refractivity contribution in [1.82, 2.24) is 10.3 Å². The summed E-state index contributed by atoms with van der Waals surface area (Å²) in [5.74, 6) is -2.85. The van der Waals surface area contributed by atoms with Crippen LogP contribution in [0.5, 0.6) is 0 Å². The second kappa shape index (κ2) is 5.64. The molecule has 1 heterocycles. The molecule has 0 atom stereocenters. The van der Waals surface area contributed by atoms with Crippen LogP contribution in [0.15, 0.2) is 30.5 Å². The maximum Gasteiger partial charge on any atom is 0.257 e. The van der Waals surface area contributed by atoms with Crippen molar-refractivity contribution in [3.05, 3.63) is 58.9 Å². The summed E-state index contributed by atoms with van der Waals surface area (Å²) in [6, 6.07) is 5.59. The summed E-state index contributed by atoms with van der Waals surface area (Å²) in [6.07, 6.45) is 1.59. The molecule has 0 spiro atoms. The molecule has 1 aromatic heterocycles. The van der Waals surface area contributed by atoms with Crippen molar-refractivity contribution >= 4 is 11.6 Å². The number of aromatic nitrogens is 1. The number of nitrogens with zero attached hydrogens (tertiary/aromatic N) is 1. The summed E-state index contributed by atoms with van der Waals surface area (Å²) in [5.41, 5.74) is 5.94. The summed E-state index contributed by atoms with van der Waals surface area (Å²) < 4.78 is 27.1. The van der Waals surface area contributed by atoms with Gasteiger partial charge in [-0.1, -0.05) is 6.07 Å². The molecular weight excluding hydrogens is 264 g/mol. The van der Waals surface area contributed by atoms with Crippen LogP contribution in [0.25, 0.3) is 0 Å². The number of hydrogen-bond acceptors (Lipinski definition) is 3. The number of nitrogen functional groups attached to an aromatic ring is 1. The van der Waals surface area contributed by atoms with E-state index in [0.29, 0.717) is 0 Å². The lowest BCUT2D eigenvalue weighted by molar-refractivity contribution is 0.0942. The van der Waals surface area contributed by atoms with Crippen molar-refractivity contribution in [3.63, 3.8) is 0 Å². The highest BCUT2D eigenvalue weighted by molar-refractivity contribution is 5.95. The van der Waals surface area contributed by atoms with Crippen LogP contribution in [0.2, 0.25) is 0 Å². The van der Waals surface area contributed by atoms with Crippen molar-refractivity contribution in [2.75, 3.05) is 5.73 Å². The van der Waals surface area contributed by atoms with Gasteiger partial charge < -0.3 is 11.1 Å². The minimum atomic E-state index is -1.05. The Hall–Kier alpha value is -2.50. The van der Waals surface area contributed by atoms with Crippen molar-refractivity contribution in [1.29, 1.82) is 0 Å². The highest BCUT2D eigenvalue weighted by Gasteiger charge is 2.19. The van der Waals surface area contributed by atoms with E-state index in [-0.39, 0.29) is 12.2 Å². The predicted molar refractivity (Wildman–Crippen MR) is 70.9 cm³/mol. The summed E-state index contributed by atoms with van der Waals surface area (Å²) in [5, 5.41) is 2.43. The van der Waals surface area contributed by atoms with Gasteiger partial charge in [0, 0.05) is 18.4 Å². The molecule has 0 unspecified atom stereocenters. The number of anilines is 1. The average molecular weight is 277 g/mol. The number of halogens is 2. The molecule has 2 rings (SSSR count).